The van der Waals surface area contributed by atoms with Crippen LogP contribution in [0.5, 0.6) is 0 Å². The van der Waals surface area contributed by atoms with Crippen molar-refractivity contribution in [1.82, 2.24) is 0 Å². The van der Waals surface area contributed by atoms with E-state index in [1.807, 2.05) is 0 Å². The van der Waals surface area contributed by atoms with E-state index in [4.69, 9.17) is 0 Å². The van der Waals surface area contributed by atoms with Crippen molar-refractivity contribution >= 4 is 24.4 Å². The van der Waals surface area contributed by atoms with Gasteiger partial charge in [-0.05, 0) is 46.8 Å². The molecule has 0 aromatic heterocycles. The Hall–Kier alpha value is -0.963. The van der Waals surface area contributed by atoms with Gasteiger partial charge in [-0.2, -0.15) is 0 Å². The normalized spacial score (nSPS) is 19.5. The van der Waals surface area contributed by atoms with Crippen molar-refractivity contribution in [1.29, 1.82) is 0 Å². The summed E-state index contributed by atoms with van der Waals surface area (Å²) in [5, 5.41) is 0. The molecule has 1 atom stereocenters. The van der Waals surface area contributed by atoms with Crippen LogP contribution in [0.3, 0.4) is 0 Å². The van der Waals surface area contributed by atoms with Gasteiger partial charge < -0.3 is 0 Å². The van der Waals surface area contributed by atoms with Crippen molar-refractivity contribution in [2.75, 3.05) is 0 Å². The van der Waals surface area contributed by atoms with Gasteiger partial charge >= 0.3 is 18.9 Å². The number of benzene rings is 1. The maximum atomic E-state index is 2.57. The molecule has 2 aliphatic carbocycles. The molecule has 0 amide bonds. The van der Waals surface area contributed by atoms with Gasteiger partial charge in [0.05, 0.1) is 0 Å². The molecule has 0 heterocycles. The number of allylic oxidation sites excluding steroid dienone is 6. The molecule has 1 aromatic carbocycles. The van der Waals surface area contributed by atoms with Gasteiger partial charge in [-0.15, -0.1) is 0 Å². The average Bonchev–Trinajstić information content (AvgIpc) is 3.17. The SMILES string of the molecule is CCCCC1=CC=C(C(C)(C)C2C=C(C(C)(C)C)c3ccccc32)C1.[LiH]. The standard InChI is InChI=1S/C25H34.Li.H/c1-7-8-11-18-14-15-19(16-18)25(5,6)23-17-22(24(2,3)4)20-12-9-10-13-21(20)23;;/h9-10,12-15,17,23H,7-8,11,16H2,1-6H3;;. The van der Waals surface area contributed by atoms with Crippen molar-refractivity contribution in [3.63, 3.8) is 0 Å². The van der Waals surface area contributed by atoms with Crippen LogP contribution in [0.1, 0.15) is 84.3 Å². The zero-order chi connectivity index (χ0) is 18.2. The van der Waals surface area contributed by atoms with Crippen LogP contribution in [0.4, 0.5) is 0 Å². The summed E-state index contributed by atoms with van der Waals surface area (Å²) in [5.74, 6) is 0.475. The Morgan fingerprint density at radius 1 is 1.00 bits per heavy atom. The Kier molecular flexibility index (Phi) is 6.53. The van der Waals surface area contributed by atoms with Crippen LogP contribution in [-0.2, 0) is 0 Å². The van der Waals surface area contributed by atoms with Crippen LogP contribution < -0.4 is 0 Å². The predicted molar refractivity (Wildman–Crippen MR) is 118 cm³/mol. The second-order valence-corrected chi connectivity index (χ2v) is 9.41. The van der Waals surface area contributed by atoms with Crippen LogP contribution in [0.15, 0.2) is 53.6 Å². The Balaban J connectivity index is 0.00000243. The summed E-state index contributed by atoms with van der Waals surface area (Å²) in [4.78, 5) is 0. The van der Waals surface area contributed by atoms with E-state index >= 15 is 0 Å². The average molecular weight is 342 g/mol. The van der Waals surface area contributed by atoms with Crippen molar-refractivity contribution < 1.29 is 0 Å². The molecule has 0 radical (unpaired) electrons. The number of hydrogen-bond acceptors (Lipinski definition) is 0. The van der Waals surface area contributed by atoms with E-state index < -0.39 is 0 Å². The first-order chi connectivity index (χ1) is 11.7. The molecule has 1 aromatic rings. The van der Waals surface area contributed by atoms with Gasteiger partial charge in [-0.3, -0.25) is 0 Å². The van der Waals surface area contributed by atoms with E-state index in [0.717, 1.165) is 0 Å². The monoisotopic (exact) mass is 342 g/mol. The molecule has 0 saturated heterocycles. The summed E-state index contributed by atoms with van der Waals surface area (Å²) in [6.07, 6.45) is 12.4. The Morgan fingerprint density at radius 3 is 2.35 bits per heavy atom. The quantitative estimate of drug-likeness (QED) is 0.503. The van der Waals surface area contributed by atoms with Crippen LogP contribution in [0, 0.1) is 10.8 Å². The molecule has 26 heavy (non-hydrogen) atoms. The van der Waals surface area contributed by atoms with E-state index in [0.29, 0.717) is 5.92 Å². The van der Waals surface area contributed by atoms with Gasteiger partial charge in [0, 0.05) is 5.92 Å². The van der Waals surface area contributed by atoms with Gasteiger partial charge in [0.1, 0.15) is 0 Å². The van der Waals surface area contributed by atoms with Crippen molar-refractivity contribution in [2.45, 2.75) is 73.1 Å². The number of rotatable bonds is 5. The molecule has 1 heteroatoms. The molecular weight excluding hydrogens is 307 g/mol. The molecule has 0 saturated carbocycles. The predicted octanol–water partition coefficient (Wildman–Crippen LogP) is 7.04. The molecule has 2 aliphatic rings. The fourth-order valence-electron chi connectivity index (χ4n) is 4.41. The first-order valence-electron chi connectivity index (χ1n) is 9.96. The van der Waals surface area contributed by atoms with Crippen LogP contribution in [0.2, 0.25) is 0 Å². The second-order valence-electron chi connectivity index (χ2n) is 9.41. The molecule has 0 aliphatic heterocycles. The number of fused-ring (bicyclic) bond motifs is 1. The van der Waals surface area contributed by atoms with E-state index in [-0.39, 0.29) is 29.7 Å². The summed E-state index contributed by atoms with van der Waals surface area (Å²) >= 11 is 0. The number of unbranched alkanes of at least 4 members (excludes halogenated alkanes) is 1. The van der Waals surface area contributed by atoms with Gasteiger partial charge in [-0.25, -0.2) is 0 Å². The second kappa shape index (κ2) is 7.96. The third-order valence-electron chi connectivity index (χ3n) is 6.12. The summed E-state index contributed by atoms with van der Waals surface area (Å²) < 4.78 is 0. The molecule has 0 N–H and O–H groups in total. The van der Waals surface area contributed by atoms with Crippen molar-refractivity contribution in [2.24, 2.45) is 10.8 Å². The zero-order valence-corrected chi connectivity index (χ0v) is 16.9. The molecule has 0 bridgehead atoms. The fraction of sp³-hybridized carbons (Fsp3) is 0.520. The zero-order valence-electron chi connectivity index (χ0n) is 16.9. The molecule has 0 fully saturated rings. The molecule has 136 valence electrons. The third-order valence-corrected chi connectivity index (χ3v) is 6.12. The van der Waals surface area contributed by atoms with E-state index in [1.165, 1.54) is 42.4 Å². The molecule has 0 nitrogen and oxygen atoms in total. The summed E-state index contributed by atoms with van der Waals surface area (Å²) in [5.41, 5.74) is 8.06. The molecule has 3 rings (SSSR count). The van der Waals surface area contributed by atoms with Crippen molar-refractivity contribution in [3.8, 4) is 0 Å². The first kappa shape index (κ1) is 21.3. The van der Waals surface area contributed by atoms with E-state index in [2.05, 4.69) is 84.0 Å². The fourth-order valence-corrected chi connectivity index (χ4v) is 4.41. The molecular formula is C25H35Li. The van der Waals surface area contributed by atoms with Gasteiger partial charge in [0.25, 0.3) is 0 Å². The summed E-state index contributed by atoms with van der Waals surface area (Å²) in [6.45, 7) is 14.2. The van der Waals surface area contributed by atoms with Crippen LogP contribution in [-0.4, -0.2) is 18.9 Å². The van der Waals surface area contributed by atoms with Crippen LogP contribution in [0.25, 0.3) is 5.57 Å². The molecule has 1 unspecified atom stereocenters. The minimum atomic E-state index is 0. The summed E-state index contributed by atoms with van der Waals surface area (Å²) in [6, 6.07) is 9.05. The topological polar surface area (TPSA) is 0 Å². The van der Waals surface area contributed by atoms with Crippen LogP contribution >= 0.6 is 0 Å². The maximum absolute atomic E-state index is 2.57. The van der Waals surface area contributed by atoms with Gasteiger partial charge in [0.15, 0.2) is 0 Å². The van der Waals surface area contributed by atoms with Gasteiger partial charge in [-0.1, -0.05) is 102 Å². The Bertz CT molecular complexity index is 738. The Labute approximate surface area is 173 Å². The summed E-state index contributed by atoms with van der Waals surface area (Å²) in [7, 11) is 0. The van der Waals surface area contributed by atoms with E-state index in [1.54, 1.807) is 11.1 Å². The van der Waals surface area contributed by atoms with Crippen molar-refractivity contribution in [3.05, 3.63) is 64.8 Å². The number of hydrogen-bond donors (Lipinski definition) is 0. The third kappa shape index (κ3) is 3.98. The first-order valence-corrected chi connectivity index (χ1v) is 9.96. The Morgan fingerprint density at radius 2 is 1.69 bits per heavy atom. The minimum absolute atomic E-state index is 0. The van der Waals surface area contributed by atoms with Gasteiger partial charge in [0.2, 0.25) is 0 Å². The molecule has 0 spiro atoms. The van der Waals surface area contributed by atoms with E-state index in [9.17, 15) is 0 Å².